The van der Waals surface area contributed by atoms with Crippen molar-refractivity contribution in [1.82, 2.24) is 15.0 Å². The van der Waals surface area contributed by atoms with Crippen LogP contribution in [0.2, 0.25) is 0 Å². The minimum Gasteiger partial charge on any atom is -0.508 e. The van der Waals surface area contributed by atoms with Gasteiger partial charge in [0.2, 0.25) is 0 Å². The lowest BCUT2D eigenvalue weighted by Crippen LogP contribution is -2.00. The SMILES string of the molecule is CC(C)c1cc(-c2cn(Cc3ccc4ccccc4c3)nn2)c(O)cc1O. The Morgan fingerprint density at radius 3 is 2.48 bits per heavy atom. The summed E-state index contributed by atoms with van der Waals surface area (Å²) < 4.78 is 1.75. The monoisotopic (exact) mass is 359 g/mol. The average Bonchev–Trinajstić information content (AvgIpc) is 3.09. The predicted octanol–water partition coefficient (Wildman–Crippen LogP) is 4.68. The number of nitrogens with zero attached hydrogens (tertiary/aromatic N) is 3. The standard InChI is InChI=1S/C22H21N3O2/c1-14(2)18-10-19(22(27)11-21(18)26)20-13-25(24-23-20)12-15-7-8-16-5-3-4-6-17(16)9-15/h3-11,13-14,26-27H,12H2,1-2H3. The highest BCUT2D eigenvalue weighted by atomic mass is 16.3. The fraction of sp³-hybridized carbons (Fsp3) is 0.182. The number of phenols is 2. The molecule has 0 saturated heterocycles. The summed E-state index contributed by atoms with van der Waals surface area (Å²) in [6.45, 7) is 4.58. The van der Waals surface area contributed by atoms with Crippen molar-refractivity contribution in [2.24, 2.45) is 0 Å². The minimum atomic E-state index is -0.00495. The maximum absolute atomic E-state index is 10.2. The van der Waals surface area contributed by atoms with E-state index >= 15 is 0 Å². The van der Waals surface area contributed by atoms with Gasteiger partial charge in [-0.15, -0.1) is 5.10 Å². The molecule has 136 valence electrons. The van der Waals surface area contributed by atoms with Gasteiger partial charge in [-0.05, 0) is 39.9 Å². The summed E-state index contributed by atoms with van der Waals surface area (Å²) in [5.74, 6) is 0.224. The molecule has 0 aliphatic carbocycles. The number of phenolic OH excluding ortho intramolecular Hbond substituents is 2. The van der Waals surface area contributed by atoms with Gasteiger partial charge >= 0.3 is 0 Å². The van der Waals surface area contributed by atoms with Crippen molar-refractivity contribution in [2.45, 2.75) is 26.3 Å². The molecule has 0 saturated carbocycles. The Hall–Kier alpha value is -3.34. The molecule has 3 aromatic carbocycles. The molecule has 0 spiro atoms. The van der Waals surface area contributed by atoms with Crippen LogP contribution in [0.3, 0.4) is 0 Å². The highest BCUT2D eigenvalue weighted by Gasteiger charge is 2.15. The highest BCUT2D eigenvalue weighted by molar-refractivity contribution is 5.83. The smallest absolute Gasteiger partial charge is 0.128 e. The van der Waals surface area contributed by atoms with Crippen LogP contribution in [-0.2, 0) is 6.54 Å². The second-order valence-corrected chi connectivity index (χ2v) is 7.07. The molecule has 4 aromatic rings. The molecule has 5 nitrogen and oxygen atoms in total. The molecule has 1 heterocycles. The normalized spacial score (nSPS) is 11.4. The average molecular weight is 359 g/mol. The zero-order valence-electron chi connectivity index (χ0n) is 15.3. The van der Waals surface area contributed by atoms with E-state index in [9.17, 15) is 10.2 Å². The van der Waals surface area contributed by atoms with Crippen LogP contribution in [0.5, 0.6) is 11.5 Å². The fourth-order valence-electron chi connectivity index (χ4n) is 3.28. The molecule has 0 radical (unpaired) electrons. The number of aromatic hydroxyl groups is 2. The molecular formula is C22H21N3O2. The molecule has 5 heteroatoms. The van der Waals surface area contributed by atoms with Gasteiger partial charge in [-0.2, -0.15) is 0 Å². The minimum absolute atomic E-state index is 0.00495. The Morgan fingerprint density at radius 1 is 0.926 bits per heavy atom. The first-order chi connectivity index (χ1) is 13.0. The predicted molar refractivity (Wildman–Crippen MR) is 106 cm³/mol. The maximum atomic E-state index is 10.2. The number of rotatable bonds is 4. The molecule has 27 heavy (non-hydrogen) atoms. The van der Waals surface area contributed by atoms with Crippen LogP contribution >= 0.6 is 0 Å². The summed E-state index contributed by atoms with van der Waals surface area (Å²) in [5, 5.41) is 31.0. The van der Waals surface area contributed by atoms with E-state index < -0.39 is 0 Å². The van der Waals surface area contributed by atoms with Crippen molar-refractivity contribution in [1.29, 1.82) is 0 Å². The summed E-state index contributed by atoms with van der Waals surface area (Å²) in [7, 11) is 0. The first kappa shape index (κ1) is 17.1. The van der Waals surface area contributed by atoms with Gasteiger partial charge in [0.05, 0.1) is 12.7 Å². The van der Waals surface area contributed by atoms with E-state index in [4.69, 9.17) is 0 Å². The summed E-state index contributed by atoms with van der Waals surface area (Å²) >= 11 is 0. The largest absolute Gasteiger partial charge is 0.508 e. The van der Waals surface area contributed by atoms with Crippen molar-refractivity contribution in [3.05, 3.63) is 71.9 Å². The van der Waals surface area contributed by atoms with Crippen molar-refractivity contribution in [2.75, 3.05) is 0 Å². The number of hydrogen-bond acceptors (Lipinski definition) is 4. The molecular weight excluding hydrogens is 338 g/mol. The Kier molecular flexibility index (Phi) is 4.28. The third-order valence-electron chi connectivity index (χ3n) is 4.74. The first-order valence-corrected chi connectivity index (χ1v) is 8.95. The van der Waals surface area contributed by atoms with E-state index in [1.807, 2.05) is 32.2 Å². The topological polar surface area (TPSA) is 71.2 Å². The summed E-state index contributed by atoms with van der Waals surface area (Å²) in [6.07, 6.45) is 1.81. The quantitative estimate of drug-likeness (QED) is 0.555. The maximum Gasteiger partial charge on any atom is 0.128 e. The molecule has 1 aromatic heterocycles. The van der Waals surface area contributed by atoms with E-state index in [1.54, 1.807) is 10.7 Å². The Labute approximate surface area is 157 Å². The molecule has 0 bridgehead atoms. The van der Waals surface area contributed by atoms with Crippen LogP contribution in [0, 0.1) is 0 Å². The van der Waals surface area contributed by atoms with E-state index in [-0.39, 0.29) is 17.4 Å². The number of benzene rings is 3. The lowest BCUT2D eigenvalue weighted by molar-refractivity contribution is 0.445. The van der Waals surface area contributed by atoms with Gasteiger partial charge < -0.3 is 10.2 Å². The zero-order valence-corrected chi connectivity index (χ0v) is 15.3. The van der Waals surface area contributed by atoms with E-state index in [0.29, 0.717) is 17.8 Å². The van der Waals surface area contributed by atoms with Crippen LogP contribution in [0.4, 0.5) is 0 Å². The van der Waals surface area contributed by atoms with E-state index in [1.165, 1.54) is 16.8 Å². The summed E-state index contributed by atoms with van der Waals surface area (Å²) in [6, 6.07) is 17.7. The fourth-order valence-corrected chi connectivity index (χ4v) is 3.28. The second-order valence-electron chi connectivity index (χ2n) is 7.07. The van der Waals surface area contributed by atoms with Gasteiger partial charge in [0.1, 0.15) is 17.2 Å². The van der Waals surface area contributed by atoms with Crippen molar-refractivity contribution < 1.29 is 10.2 Å². The number of fused-ring (bicyclic) bond motifs is 1. The lowest BCUT2D eigenvalue weighted by atomic mass is 9.98. The van der Waals surface area contributed by atoms with Crippen molar-refractivity contribution >= 4 is 10.8 Å². The van der Waals surface area contributed by atoms with Crippen LogP contribution in [0.1, 0.15) is 30.9 Å². The Balaban J connectivity index is 1.64. The van der Waals surface area contributed by atoms with E-state index in [0.717, 1.165) is 11.1 Å². The molecule has 0 aliphatic heterocycles. The highest BCUT2D eigenvalue weighted by Crippen LogP contribution is 2.36. The van der Waals surface area contributed by atoms with Crippen LogP contribution < -0.4 is 0 Å². The number of aromatic nitrogens is 3. The van der Waals surface area contributed by atoms with Crippen molar-refractivity contribution in [3.63, 3.8) is 0 Å². The summed E-state index contributed by atoms with van der Waals surface area (Å²) in [5.41, 5.74) is 3.05. The van der Waals surface area contributed by atoms with Gasteiger partial charge in [-0.25, -0.2) is 4.68 Å². The zero-order chi connectivity index (χ0) is 19.0. The molecule has 0 unspecified atom stereocenters. The van der Waals surface area contributed by atoms with Crippen LogP contribution in [0.25, 0.3) is 22.0 Å². The molecule has 0 aliphatic rings. The second kappa shape index (κ2) is 6.76. The van der Waals surface area contributed by atoms with Gasteiger partial charge in [0, 0.05) is 11.6 Å². The van der Waals surface area contributed by atoms with Gasteiger partial charge in [-0.1, -0.05) is 55.5 Å². The van der Waals surface area contributed by atoms with Crippen LogP contribution in [-0.4, -0.2) is 25.2 Å². The molecule has 0 amide bonds. The van der Waals surface area contributed by atoms with Gasteiger partial charge in [0.25, 0.3) is 0 Å². The van der Waals surface area contributed by atoms with E-state index in [2.05, 4.69) is 40.6 Å². The van der Waals surface area contributed by atoms with Crippen molar-refractivity contribution in [3.8, 4) is 22.8 Å². The third kappa shape index (κ3) is 3.36. The molecule has 0 atom stereocenters. The van der Waals surface area contributed by atoms with Gasteiger partial charge in [-0.3, -0.25) is 0 Å². The first-order valence-electron chi connectivity index (χ1n) is 8.95. The molecule has 4 rings (SSSR count). The third-order valence-corrected chi connectivity index (χ3v) is 4.74. The van der Waals surface area contributed by atoms with Crippen LogP contribution in [0.15, 0.2) is 60.8 Å². The lowest BCUT2D eigenvalue weighted by Gasteiger charge is -2.11. The number of hydrogen-bond donors (Lipinski definition) is 2. The molecule has 2 N–H and O–H groups in total. The van der Waals surface area contributed by atoms with Gasteiger partial charge in [0.15, 0.2) is 0 Å². The Bertz CT molecular complexity index is 1120. The molecule has 0 fully saturated rings. The Morgan fingerprint density at radius 2 is 1.70 bits per heavy atom. The summed E-state index contributed by atoms with van der Waals surface area (Å²) in [4.78, 5) is 0.